The highest BCUT2D eigenvalue weighted by Gasteiger charge is 2.30. The van der Waals surface area contributed by atoms with E-state index in [2.05, 4.69) is 32.9 Å². The summed E-state index contributed by atoms with van der Waals surface area (Å²) < 4.78 is 27.3. The molecule has 0 bridgehead atoms. The van der Waals surface area contributed by atoms with Gasteiger partial charge < -0.3 is 9.30 Å². The van der Waals surface area contributed by atoms with Crippen LogP contribution in [0.1, 0.15) is 59.6 Å². The first-order valence-electron chi connectivity index (χ1n) is 12.4. The number of fused-ring (bicyclic) bond motifs is 3. The number of H-pyrrole nitrogens is 1. The Morgan fingerprint density at radius 1 is 1.16 bits per heavy atom. The van der Waals surface area contributed by atoms with Crippen molar-refractivity contribution in [3.05, 3.63) is 110 Å². The predicted octanol–water partition coefficient (Wildman–Crippen LogP) is 6.30. The number of halogens is 2. The molecule has 0 radical (unpaired) electrons. The molecule has 1 aliphatic carbocycles. The minimum Gasteiger partial charge on any atom is -0.488 e. The maximum absolute atomic E-state index is 14.2. The largest absolute Gasteiger partial charge is 0.488 e. The summed E-state index contributed by atoms with van der Waals surface area (Å²) in [5.74, 6) is 1.23. The Morgan fingerprint density at radius 3 is 2.79 bits per heavy atom. The van der Waals surface area contributed by atoms with Gasteiger partial charge in [0, 0.05) is 29.7 Å². The molecular formula is C29H22ClFN4O3. The van der Waals surface area contributed by atoms with Gasteiger partial charge in [-0.25, -0.2) is 14.2 Å². The number of para-hydroxylation sites is 1. The normalized spacial score (nSPS) is 16.1. The second-order valence-corrected chi connectivity index (χ2v) is 10.2. The highest BCUT2D eigenvalue weighted by molar-refractivity contribution is 6.34. The molecule has 0 unspecified atom stereocenters. The molecule has 0 spiro atoms. The van der Waals surface area contributed by atoms with Crippen molar-refractivity contribution in [2.24, 2.45) is 0 Å². The fourth-order valence-corrected chi connectivity index (χ4v) is 5.49. The van der Waals surface area contributed by atoms with Gasteiger partial charge in [0.15, 0.2) is 5.82 Å². The number of hydrogen-bond donors (Lipinski definition) is 1. The fourth-order valence-electron chi connectivity index (χ4n) is 5.28. The van der Waals surface area contributed by atoms with Crippen LogP contribution in [0.5, 0.6) is 5.75 Å². The first-order valence-corrected chi connectivity index (χ1v) is 12.8. The van der Waals surface area contributed by atoms with Crippen molar-refractivity contribution in [1.82, 2.24) is 19.7 Å². The van der Waals surface area contributed by atoms with Crippen LogP contribution in [0.3, 0.4) is 0 Å². The maximum Gasteiger partial charge on any atom is 0.439 e. The zero-order valence-electron chi connectivity index (χ0n) is 20.4. The van der Waals surface area contributed by atoms with Gasteiger partial charge in [-0.2, -0.15) is 0 Å². The lowest BCUT2D eigenvalue weighted by atomic mass is 9.89. The van der Waals surface area contributed by atoms with Crippen LogP contribution < -0.4 is 10.5 Å². The van der Waals surface area contributed by atoms with Crippen molar-refractivity contribution < 1.29 is 13.7 Å². The van der Waals surface area contributed by atoms with Crippen LogP contribution in [0.2, 0.25) is 5.02 Å². The minimum atomic E-state index is -0.640. The Hall–Kier alpha value is -4.17. The van der Waals surface area contributed by atoms with Crippen LogP contribution in [0.4, 0.5) is 4.39 Å². The topological polar surface area (TPSA) is 85.9 Å². The van der Waals surface area contributed by atoms with Gasteiger partial charge in [-0.15, -0.1) is 0 Å². The summed E-state index contributed by atoms with van der Waals surface area (Å²) in [6.07, 6.45) is 2.26. The van der Waals surface area contributed by atoms with E-state index in [4.69, 9.17) is 25.8 Å². The van der Waals surface area contributed by atoms with Gasteiger partial charge in [0.1, 0.15) is 29.5 Å². The average molecular weight is 529 g/mol. The number of allylic oxidation sites excluding steroid dienone is 1. The van der Waals surface area contributed by atoms with E-state index in [0.29, 0.717) is 40.2 Å². The standard InChI is InChI=1S/C29H22ClFN4O3/c1-15(27-33-29(36)38-34-27)25-20-9-5-16(11-18(20)14-37-24-12-19(31)8-10-21(24)25)13-35-23-4-2-3-22(30)26(23)32-28(35)17-6-7-17/h2-5,8-12,17H,6-7,13-14H2,1H3,(H,33,34,36)/b25-15+. The van der Waals surface area contributed by atoms with E-state index in [1.54, 1.807) is 6.07 Å². The molecule has 190 valence electrons. The number of nitrogens with zero attached hydrogens (tertiary/aromatic N) is 3. The number of ether oxygens (including phenoxy) is 1. The van der Waals surface area contributed by atoms with Crippen LogP contribution >= 0.6 is 11.6 Å². The summed E-state index contributed by atoms with van der Waals surface area (Å²) in [4.78, 5) is 19.2. The molecule has 0 amide bonds. The summed E-state index contributed by atoms with van der Waals surface area (Å²) in [5, 5.41) is 4.54. The molecule has 0 saturated heterocycles. The predicted molar refractivity (Wildman–Crippen MR) is 142 cm³/mol. The van der Waals surface area contributed by atoms with E-state index in [1.165, 1.54) is 12.1 Å². The van der Waals surface area contributed by atoms with Gasteiger partial charge in [0.2, 0.25) is 0 Å². The summed E-state index contributed by atoms with van der Waals surface area (Å²) in [6.45, 7) is 2.74. The third kappa shape index (κ3) is 3.83. The Labute approximate surface area is 221 Å². The quantitative estimate of drug-likeness (QED) is 0.296. The van der Waals surface area contributed by atoms with E-state index >= 15 is 0 Å². The third-order valence-corrected chi connectivity index (χ3v) is 7.55. The smallest absolute Gasteiger partial charge is 0.439 e. The van der Waals surface area contributed by atoms with Crippen LogP contribution in [0.25, 0.3) is 22.2 Å². The number of benzene rings is 3. The van der Waals surface area contributed by atoms with Gasteiger partial charge in [-0.1, -0.05) is 35.0 Å². The maximum atomic E-state index is 14.2. The van der Waals surface area contributed by atoms with Gasteiger partial charge in [0.05, 0.1) is 10.5 Å². The average Bonchev–Trinajstić information content (AvgIpc) is 3.59. The number of nitrogens with one attached hydrogen (secondary N) is 1. The van der Waals surface area contributed by atoms with E-state index in [-0.39, 0.29) is 12.4 Å². The van der Waals surface area contributed by atoms with Crippen molar-refractivity contribution >= 4 is 33.8 Å². The van der Waals surface area contributed by atoms with Crippen LogP contribution in [0.15, 0.2) is 63.9 Å². The Kier molecular flexibility index (Phi) is 5.26. The molecule has 7 nitrogen and oxygen atoms in total. The van der Waals surface area contributed by atoms with Crippen molar-refractivity contribution in [1.29, 1.82) is 0 Å². The second kappa shape index (κ2) is 8.70. The van der Waals surface area contributed by atoms with Crippen LogP contribution in [-0.2, 0) is 13.2 Å². The van der Waals surface area contributed by atoms with Gasteiger partial charge in [0.25, 0.3) is 0 Å². The SMILES string of the molecule is C/C(=C1/c2ccc(Cn3c(C4CC4)nc4c(Cl)cccc43)cc2COc2cc(F)ccc21)c1noc(=O)[nH]1. The zero-order valence-corrected chi connectivity index (χ0v) is 21.2. The van der Waals surface area contributed by atoms with E-state index in [9.17, 15) is 9.18 Å². The summed E-state index contributed by atoms with van der Waals surface area (Å²) in [5.41, 5.74) is 6.98. The Bertz CT molecular complexity index is 1830. The fraction of sp³-hybridized carbons (Fsp3) is 0.207. The molecule has 1 fully saturated rings. The molecule has 3 aromatic carbocycles. The van der Waals surface area contributed by atoms with Crippen molar-refractivity contribution in [2.75, 3.05) is 0 Å². The Balaban J connectivity index is 1.36. The van der Waals surface area contributed by atoms with Crippen molar-refractivity contribution in [3.8, 4) is 5.75 Å². The van der Waals surface area contributed by atoms with Gasteiger partial charge >= 0.3 is 5.76 Å². The molecule has 1 aliphatic heterocycles. The molecule has 2 aromatic heterocycles. The molecule has 1 saturated carbocycles. The molecule has 5 aromatic rings. The first-order chi connectivity index (χ1) is 18.5. The lowest BCUT2D eigenvalue weighted by Gasteiger charge is -2.15. The monoisotopic (exact) mass is 528 g/mol. The summed E-state index contributed by atoms with van der Waals surface area (Å²) in [7, 11) is 0. The van der Waals surface area contributed by atoms with Gasteiger partial charge in [-0.3, -0.25) is 9.51 Å². The van der Waals surface area contributed by atoms with E-state index < -0.39 is 5.76 Å². The third-order valence-electron chi connectivity index (χ3n) is 7.25. The molecule has 3 heterocycles. The van der Waals surface area contributed by atoms with E-state index in [0.717, 1.165) is 52.0 Å². The van der Waals surface area contributed by atoms with Crippen LogP contribution in [0, 0.1) is 5.82 Å². The first kappa shape index (κ1) is 23.0. The van der Waals surface area contributed by atoms with E-state index in [1.807, 2.05) is 25.1 Å². The number of rotatable bonds is 4. The number of aromatic nitrogens is 4. The molecule has 1 N–H and O–H groups in total. The Morgan fingerprint density at radius 2 is 2.00 bits per heavy atom. The molecule has 2 aliphatic rings. The summed E-state index contributed by atoms with van der Waals surface area (Å²) >= 11 is 6.48. The lowest BCUT2D eigenvalue weighted by Crippen LogP contribution is -2.06. The lowest BCUT2D eigenvalue weighted by molar-refractivity contribution is 0.305. The van der Waals surface area contributed by atoms with Gasteiger partial charge in [-0.05, 0) is 72.4 Å². The molecule has 9 heteroatoms. The number of aromatic amines is 1. The van der Waals surface area contributed by atoms with Crippen molar-refractivity contribution in [3.63, 3.8) is 0 Å². The highest BCUT2D eigenvalue weighted by atomic mass is 35.5. The highest BCUT2D eigenvalue weighted by Crippen LogP contribution is 2.43. The summed E-state index contributed by atoms with van der Waals surface area (Å²) in [6, 6.07) is 16.6. The zero-order chi connectivity index (χ0) is 26.0. The second-order valence-electron chi connectivity index (χ2n) is 9.80. The minimum absolute atomic E-state index is 0.262. The van der Waals surface area contributed by atoms with Crippen LogP contribution in [-0.4, -0.2) is 19.7 Å². The van der Waals surface area contributed by atoms with Crippen molar-refractivity contribution in [2.45, 2.75) is 38.8 Å². The molecule has 0 atom stereocenters. The number of hydrogen-bond acceptors (Lipinski definition) is 5. The molecule has 7 rings (SSSR count). The molecular weight excluding hydrogens is 507 g/mol. The number of imidazole rings is 1. The molecule has 38 heavy (non-hydrogen) atoms.